The number of hydrogen-bond acceptors (Lipinski definition) is 10. The van der Waals surface area contributed by atoms with Gasteiger partial charge in [-0.25, -0.2) is 4.79 Å². The lowest BCUT2D eigenvalue weighted by atomic mass is 9.92. The zero-order valence-corrected chi connectivity index (χ0v) is 28.4. The molecule has 0 saturated heterocycles. The number of methoxy groups -OCH3 is 4. The predicted molar refractivity (Wildman–Crippen MR) is 184 cm³/mol. The van der Waals surface area contributed by atoms with Crippen molar-refractivity contribution in [3.8, 4) is 23.0 Å². The first-order chi connectivity index (χ1) is 23.0. The van der Waals surface area contributed by atoms with Gasteiger partial charge in [-0.1, -0.05) is 50.2 Å². The van der Waals surface area contributed by atoms with Crippen LogP contribution in [0.25, 0.3) is 5.57 Å². The van der Waals surface area contributed by atoms with Gasteiger partial charge in [0.1, 0.15) is 24.0 Å². The molecule has 1 amide bonds. The molecule has 4 atom stereocenters. The van der Waals surface area contributed by atoms with Gasteiger partial charge in [-0.05, 0) is 78.1 Å². The summed E-state index contributed by atoms with van der Waals surface area (Å²) in [5.41, 5.74) is 17.0. The third-order valence-electron chi connectivity index (χ3n) is 8.36. The van der Waals surface area contributed by atoms with Gasteiger partial charge in [0, 0.05) is 11.6 Å². The lowest BCUT2D eigenvalue weighted by Gasteiger charge is -2.25. The minimum atomic E-state index is -1.52. The van der Waals surface area contributed by atoms with Crippen LogP contribution in [0.1, 0.15) is 48.9 Å². The summed E-state index contributed by atoms with van der Waals surface area (Å²) in [5.74, 6) is 0.642. The Bertz CT molecular complexity index is 1610. The maximum Gasteiger partial charge on any atom is 0.329 e. The minimum Gasteiger partial charge on any atom is -0.495 e. The molecule has 11 heteroatoms. The molecule has 3 aromatic carbocycles. The lowest BCUT2D eigenvalue weighted by molar-refractivity contribution is -0.152. The highest BCUT2D eigenvalue weighted by Gasteiger charge is 2.32. The number of carbonyl (C=O) groups is 2. The Hall–Kier alpha value is -4.74. The van der Waals surface area contributed by atoms with Crippen molar-refractivity contribution < 1.29 is 38.4 Å². The van der Waals surface area contributed by atoms with Crippen LogP contribution in [0.5, 0.6) is 23.0 Å². The Kier molecular flexibility index (Phi) is 12.3. The van der Waals surface area contributed by atoms with Crippen molar-refractivity contribution in [2.45, 2.75) is 63.8 Å². The van der Waals surface area contributed by atoms with Crippen molar-refractivity contribution >= 4 is 23.1 Å². The number of esters is 1. The molecule has 6 N–H and O–H groups in total. The monoisotopic (exact) mass is 661 g/mol. The summed E-state index contributed by atoms with van der Waals surface area (Å²) in [6.07, 6.45) is 1.12. The number of amides is 1. The molecule has 0 saturated carbocycles. The Morgan fingerprint density at radius 2 is 1.62 bits per heavy atom. The average molecular weight is 662 g/mol. The molecule has 11 nitrogen and oxygen atoms in total. The number of nitrogen functional groups attached to an aromatic ring is 1. The van der Waals surface area contributed by atoms with Crippen molar-refractivity contribution in [2.75, 3.05) is 34.2 Å². The first-order valence-electron chi connectivity index (χ1n) is 16.0. The van der Waals surface area contributed by atoms with Crippen molar-refractivity contribution in [1.29, 1.82) is 0 Å². The van der Waals surface area contributed by atoms with E-state index in [1.54, 1.807) is 40.6 Å². The summed E-state index contributed by atoms with van der Waals surface area (Å²) in [5, 5.41) is 13.5. The van der Waals surface area contributed by atoms with Crippen LogP contribution >= 0.6 is 0 Å². The molecule has 0 bridgehead atoms. The van der Waals surface area contributed by atoms with Gasteiger partial charge in [0.25, 0.3) is 5.91 Å². The number of aliphatic hydroxyl groups excluding tert-OH is 1. The van der Waals surface area contributed by atoms with Crippen LogP contribution in [0.2, 0.25) is 0 Å². The van der Waals surface area contributed by atoms with Crippen LogP contribution in [0.4, 0.5) is 5.69 Å². The van der Waals surface area contributed by atoms with E-state index in [-0.39, 0.29) is 5.92 Å². The van der Waals surface area contributed by atoms with Gasteiger partial charge >= 0.3 is 5.97 Å². The second-order valence-corrected chi connectivity index (χ2v) is 12.2. The van der Waals surface area contributed by atoms with Gasteiger partial charge in [0.2, 0.25) is 5.75 Å². The highest BCUT2D eigenvalue weighted by molar-refractivity contribution is 5.89. The molecule has 0 aromatic heterocycles. The number of aliphatic hydroxyl groups is 1. The van der Waals surface area contributed by atoms with E-state index in [2.05, 4.69) is 5.32 Å². The van der Waals surface area contributed by atoms with Gasteiger partial charge in [0.05, 0.1) is 34.1 Å². The fraction of sp³-hybridized carbons (Fsp3) is 0.405. The number of benzene rings is 3. The van der Waals surface area contributed by atoms with E-state index < -0.39 is 36.2 Å². The molecule has 258 valence electrons. The zero-order chi connectivity index (χ0) is 35.0. The number of ether oxygens (including phenoxy) is 5. The zero-order valence-electron chi connectivity index (χ0n) is 28.4. The van der Waals surface area contributed by atoms with Gasteiger partial charge < -0.3 is 45.6 Å². The fourth-order valence-corrected chi connectivity index (χ4v) is 5.96. The predicted octanol–water partition coefficient (Wildman–Crippen LogP) is 4.05. The molecule has 4 rings (SSSR count). The highest BCUT2D eigenvalue weighted by atomic mass is 16.5. The standard InChI is InChI=1S/C37H47N3O8/c1-21(2)16-30(40-36(42)33(41)29(39)17-22-10-8-7-9-11-22)37(43)48-24-13-14-25-27(20-32(45-4)35(47-6)34(25)46-5)26(19-24)23-12-15-31(44-3)28(38)18-23/h7-12,15,18-21,24,29-30,33,41H,13-14,16-17,38-39H2,1-6H3,(H,40,42)/t24-,29?,30?,33?/m0/s1. The van der Waals surface area contributed by atoms with Crippen LogP contribution in [0.15, 0.2) is 60.7 Å². The molecule has 3 aromatic rings. The summed E-state index contributed by atoms with van der Waals surface area (Å²) in [4.78, 5) is 26.9. The lowest BCUT2D eigenvalue weighted by Crippen LogP contribution is -2.52. The van der Waals surface area contributed by atoms with E-state index >= 15 is 0 Å². The van der Waals surface area contributed by atoms with Crippen LogP contribution < -0.4 is 35.7 Å². The summed E-state index contributed by atoms with van der Waals surface area (Å²) < 4.78 is 28.6. The van der Waals surface area contributed by atoms with Crippen molar-refractivity contribution in [3.63, 3.8) is 0 Å². The Morgan fingerprint density at radius 3 is 2.23 bits per heavy atom. The normalized spacial score (nSPS) is 16.0. The molecule has 0 fully saturated rings. The Labute approximate surface area is 282 Å². The molecule has 1 aliphatic carbocycles. The average Bonchev–Trinajstić information content (AvgIpc) is 3.25. The van der Waals surface area contributed by atoms with Crippen LogP contribution in [0, 0.1) is 5.92 Å². The number of rotatable bonds is 14. The van der Waals surface area contributed by atoms with E-state index in [4.69, 9.17) is 35.2 Å². The molecule has 1 aliphatic rings. The summed E-state index contributed by atoms with van der Waals surface area (Å²) in [6.45, 7) is 3.87. The topological polar surface area (TPSA) is 165 Å². The Balaban J connectivity index is 1.65. The SMILES string of the molecule is COc1ccc(C2=C[C@@H](OC(=O)C(CC(C)C)NC(=O)C(O)C(N)Cc3ccccc3)CCc3c2cc(OC)c(OC)c3OC)cc1N. The smallest absolute Gasteiger partial charge is 0.329 e. The molecular formula is C37H47N3O8. The molecule has 3 unspecified atom stereocenters. The van der Waals surface area contributed by atoms with E-state index in [0.29, 0.717) is 54.4 Å². The molecule has 0 aliphatic heterocycles. The van der Waals surface area contributed by atoms with Crippen LogP contribution in [-0.4, -0.2) is 69.7 Å². The molecule has 0 radical (unpaired) electrons. The second kappa shape index (κ2) is 16.4. The number of carbonyl (C=O) groups excluding carboxylic acids is 2. The van der Waals surface area contributed by atoms with Crippen molar-refractivity contribution in [1.82, 2.24) is 5.32 Å². The van der Waals surface area contributed by atoms with Crippen molar-refractivity contribution in [3.05, 3.63) is 82.9 Å². The number of anilines is 1. The molecular weight excluding hydrogens is 614 g/mol. The minimum absolute atomic E-state index is 0.0361. The van der Waals surface area contributed by atoms with E-state index in [1.807, 2.05) is 62.4 Å². The molecule has 0 heterocycles. The van der Waals surface area contributed by atoms with Gasteiger partial charge in [-0.2, -0.15) is 0 Å². The summed E-state index contributed by atoms with van der Waals surface area (Å²) in [6, 6.07) is 14.8. The number of nitrogens with two attached hydrogens (primary N) is 2. The third kappa shape index (κ3) is 8.39. The second-order valence-electron chi connectivity index (χ2n) is 12.2. The van der Waals surface area contributed by atoms with Gasteiger partial charge in [-0.15, -0.1) is 0 Å². The number of hydrogen-bond donors (Lipinski definition) is 4. The number of nitrogens with one attached hydrogen (secondary N) is 1. The van der Waals surface area contributed by atoms with E-state index in [1.165, 1.54) is 0 Å². The van der Waals surface area contributed by atoms with Crippen molar-refractivity contribution in [2.24, 2.45) is 11.7 Å². The third-order valence-corrected chi connectivity index (χ3v) is 8.36. The Morgan fingerprint density at radius 1 is 0.938 bits per heavy atom. The maximum atomic E-state index is 13.8. The van der Waals surface area contributed by atoms with Gasteiger partial charge in [0.15, 0.2) is 11.5 Å². The first kappa shape index (κ1) is 36.1. The largest absolute Gasteiger partial charge is 0.495 e. The van der Waals surface area contributed by atoms with E-state index in [0.717, 1.165) is 27.8 Å². The quantitative estimate of drug-likeness (QED) is 0.146. The molecule has 0 spiro atoms. The summed E-state index contributed by atoms with van der Waals surface area (Å²) >= 11 is 0. The molecule has 48 heavy (non-hydrogen) atoms. The van der Waals surface area contributed by atoms with Crippen LogP contribution in [-0.2, 0) is 27.2 Å². The fourth-order valence-electron chi connectivity index (χ4n) is 5.96. The van der Waals surface area contributed by atoms with E-state index in [9.17, 15) is 14.7 Å². The summed E-state index contributed by atoms with van der Waals surface area (Å²) in [7, 11) is 6.21. The van der Waals surface area contributed by atoms with Crippen LogP contribution in [0.3, 0.4) is 0 Å². The highest BCUT2D eigenvalue weighted by Crippen LogP contribution is 2.47. The first-order valence-corrected chi connectivity index (χ1v) is 16.0. The number of fused-ring (bicyclic) bond motifs is 1. The van der Waals surface area contributed by atoms with Gasteiger partial charge in [-0.3, -0.25) is 4.79 Å². The maximum absolute atomic E-state index is 13.8.